The van der Waals surface area contributed by atoms with Crippen molar-refractivity contribution in [3.63, 3.8) is 0 Å². The van der Waals surface area contributed by atoms with Gasteiger partial charge >= 0.3 is 0 Å². The molecule has 26 heavy (non-hydrogen) atoms. The Morgan fingerprint density at radius 2 is 1.04 bits per heavy atom. The van der Waals surface area contributed by atoms with Crippen LogP contribution in [-0.4, -0.2) is 22.5 Å². The third-order valence-electron chi connectivity index (χ3n) is 4.02. The minimum absolute atomic E-state index is 1.04. The molecule has 0 spiro atoms. The molecule has 130 valence electrons. The minimum atomic E-state index is 1.04. The largest absolute Gasteiger partial charge is 0.255 e. The van der Waals surface area contributed by atoms with Crippen molar-refractivity contribution in [2.24, 2.45) is 0 Å². The summed E-state index contributed by atoms with van der Waals surface area (Å²) in [7, 11) is 3.52. The van der Waals surface area contributed by atoms with Crippen LogP contribution in [0.15, 0.2) is 80.5 Å². The number of pyridine rings is 2. The van der Waals surface area contributed by atoms with Gasteiger partial charge in [-0.05, 0) is 46.2 Å². The van der Waals surface area contributed by atoms with Crippen molar-refractivity contribution in [3.05, 3.63) is 60.9 Å². The van der Waals surface area contributed by atoms with Gasteiger partial charge in [-0.3, -0.25) is 9.97 Å². The third kappa shape index (κ3) is 3.43. The topological polar surface area (TPSA) is 25.8 Å². The molecule has 0 bridgehead atoms. The highest BCUT2D eigenvalue weighted by Gasteiger charge is 2.13. The Hall–Kier alpha value is -1.34. The molecule has 0 saturated heterocycles. The lowest BCUT2D eigenvalue weighted by atomic mass is 10.2. The summed E-state index contributed by atoms with van der Waals surface area (Å²) >= 11 is 3.56. The molecule has 4 aromatic rings. The van der Waals surface area contributed by atoms with Crippen LogP contribution in [0.1, 0.15) is 0 Å². The number of nitrogens with zero attached hydrogens (tertiary/aromatic N) is 2. The van der Waals surface area contributed by atoms with E-state index in [9.17, 15) is 0 Å². The lowest BCUT2D eigenvalue weighted by molar-refractivity contribution is 1.20. The number of thioether (sulfide) groups is 2. The molecule has 6 heteroatoms. The van der Waals surface area contributed by atoms with Gasteiger partial charge in [-0.15, -0.1) is 23.5 Å². The van der Waals surface area contributed by atoms with Crippen LogP contribution < -0.4 is 0 Å². The number of hydrogen-bond donors (Lipinski definition) is 0. The molecule has 4 rings (SSSR count). The summed E-state index contributed by atoms with van der Waals surface area (Å²) in [5.74, 6) is 0. The average molecular weight is 413 g/mol. The zero-order valence-electron chi connectivity index (χ0n) is 14.3. The van der Waals surface area contributed by atoms with Crippen molar-refractivity contribution in [3.8, 4) is 0 Å². The van der Waals surface area contributed by atoms with Gasteiger partial charge in [-0.1, -0.05) is 36.4 Å². The van der Waals surface area contributed by atoms with Crippen molar-refractivity contribution < 1.29 is 0 Å². The van der Waals surface area contributed by atoms with E-state index in [0.717, 1.165) is 11.0 Å². The van der Waals surface area contributed by atoms with Gasteiger partial charge in [0, 0.05) is 33.0 Å². The Bertz CT molecular complexity index is 994. The first kappa shape index (κ1) is 18.0. The molecule has 0 amide bonds. The van der Waals surface area contributed by atoms with Crippen molar-refractivity contribution in [1.29, 1.82) is 0 Å². The van der Waals surface area contributed by atoms with Crippen LogP contribution in [0.5, 0.6) is 0 Å². The summed E-state index contributed by atoms with van der Waals surface area (Å²) in [5, 5.41) is 2.43. The molecule has 2 nitrogen and oxygen atoms in total. The molecule has 2 aromatic carbocycles. The van der Waals surface area contributed by atoms with Crippen molar-refractivity contribution in [2.45, 2.75) is 19.6 Å². The number of para-hydroxylation sites is 2. The van der Waals surface area contributed by atoms with Gasteiger partial charge in [0.15, 0.2) is 0 Å². The van der Waals surface area contributed by atoms with Crippen LogP contribution in [0.3, 0.4) is 0 Å². The van der Waals surface area contributed by atoms with E-state index in [2.05, 4.69) is 58.9 Å². The number of benzene rings is 2. The number of aromatic nitrogens is 2. The Kier molecular flexibility index (Phi) is 5.64. The summed E-state index contributed by atoms with van der Waals surface area (Å²) in [6.07, 6.45) is 8.22. The van der Waals surface area contributed by atoms with Gasteiger partial charge in [0.25, 0.3) is 0 Å². The maximum atomic E-state index is 4.63. The summed E-state index contributed by atoms with van der Waals surface area (Å²) in [6.45, 7) is 0. The van der Waals surface area contributed by atoms with Crippen molar-refractivity contribution >= 4 is 66.9 Å². The predicted molar refractivity (Wildman–Crippen MR) is 119 cm³/mol. The molecule has 2 heterocycles. The van der Waals surface area contributed by atoms with E-state index in [1.54, 1.807) is 45.1 Å². The monoisotopic (exact) mass is 412 g/mol. The van der Waals surface area contributed by atoms with E-state index in [1.807, 2.05) is 24.5 Å². The first-order chi connectivity index (χ1) is 12.8. The fraction of sp³-hybridized carbons (Fsp3) is 0.100. The quantitative estimate of drug-likeness (QED) is 0.258. The van der Waals surface area contributed by atoms with Gasteiger partial charge in [0.2, 0.25) is 0 Å². The number of rotatable bonds is 5. The third-order valence-corrected chi connectivity index (χ3v) is 8.36. The first-order valence-electron chi connectivity index (χ1n) is 8.00. The molecule has 0 unspecified atom stereocenters. The molecule has 0 fully saturated rings. The molecular weight excluding hydrogens is 397 g/mol. The molecule has 0 aliphatic rings. The maximum absolute atomic E-state index is 4.63. The zero-order chi connectivity index (χ0) is 17.9. The molecular formula is C20H16N2S4. The highest BCUT2D eigenvalue weighted by atomic mass is 33.1. The molecule has 0 saturated carbocycles. The Morgan fingerprint density at radius 3 is 1.46 bits per heavy atom. The SMILES string of the molecule is CSc1c(SSc2cnc3ccccc3c2SC)cnc2ccccc12. The van der Waals surface area contributed by atoms with Crippen molar-refractivity contribution in [1.82, 2.24) is 9.97 Å². The van der Waals surface area contributed by atoms with Gasteiger partial charge in [0.1, 0.15) is 0 Å². The van der Waals surface area contributed by atoms with Gasteiger partial charge < -0.3 is 0 Å². The van der Waals surface area contributed by atoms with E-state index in [0.29, 0.717) is 0 Å². The van der Waals surface area contributed by atoms with E-state index in [4.69, 9.17) is 0 Å². The molecule has 0 N–H and O–H groups in total. The maximum Gasteiger partial charge on any atom is 0.0714 e. The minimum Gasteiger partial charge on any atom is -0.255 e. The second-order valence-corrected chi connectivity index (χ2v) is 9.36. The van der Waals surface area contributed by atoms with Crippen LogP contribution in [0, 0.1) is 0 Å². The molecule has 0 aliphatic heterocycles. The van der Waals surface area contributed by atoms with Crippen LogP contribution in [0.25, 0.3) is 21.8 Å². The molecule has 0 aliphatic carbocycles. The van der Waals surface area contributed by atoms with Gasteiger partial charge in [-0.2, -0.15) is 0 Å². The van der Waals surface area contributed by atoms with Gasteiger partial charge in [0.05, 0.1) is 20.8 Å². The number of hydrogen-bond acceptors (Lipinski definition) is 6. The van der Waals surface area contributed by atoms with E-state index in [1.165, 1.54) is 30.4 Å². The highest BCUT2D eigenvalue weighted by molar-refractivity contribution is 8.76. The second-order valence-electron chi connectivity index (χ2n) is 5.51. The van der Waals surface area contributed by atoms with E-state index >= 15 is 0 Å². The standard InChI is InChI=1S/C20H16N2S4/c1-23-19-13-7-3-5-9-15(13)21-11-17(19)25-26-18-12-22-16-10-6-4-8-14(16)20(18)24-2/h3-12H,1-2H3. The lowest BCUT2D eigenvalue weighted by Crippen LogP contribution is -1.86. The average Bonchev–Trinajstić information content (AvgIpc) is 2.71. The fourth-order valence-corrected chi connectivity index (χ4v) is 7.22. The van der Waals surface area contributed by atoms with E-state index < -0.39 is 0 Å². The summed E-state index contributed by atoms with van der Waals surface area (Å²) in [6, 6.07) is 16.6. The van der Waals surface area contributed by atoms with Crippen LogP contribution in [0.2, 0.25) is 0 Å². The molecule has 0 atom stereocenters. The van der Waals surface area contributed by atoms with Crippen molar-refractivity contribution in [2.75, 3.05) is 12.5 Å². The number of fused-ring (bicyclic) bond motifs is 2. The second kappa shape index (κ2) is 8.13. The van der Waals surface area contributed by atoms with Crippen LogP contribution in [-0.2, 0) is 0 Å². The Morgan fingerprint density at radius 1 is 0.615 bits per heavy atom. The first-order valence-corrected chi connectivity index (χ1v) is 12.6. The molecule has 2 aromatic heterocycles. The zero-order valence-corrected chi connectivity index (χ0v) is 17.6. The lowest BCUT2D eigenvalue weighted by Gasteiger charge is -2.12. The molecule has 0 radical (unpaired) electrons. The summed E-state index contributed by atoms with van der Waals surface area (Å²) < 4.78 is 0. The van der Waals surface area contributed by atoms with Gasteiger partial charge in [-0.25, -0.2) is 0 Å². The summed E-state index contributed by atoms with van der Waals surface area (Å²) in [5.41, 5.74) is 2.09. The van der Waals surface area contributed by atoms with Crippen LogP contribution >= 0.6 is 45.1 Å². The van der Waals surface area contributed by atoms with Crippen LogP contribution in [0.4, 0.5) is 0 Å². The smallest absolute Gasteiger partial charge is 0.0714 e. The normalized spacial score (nSPS) is 11.3. The Labute approximate surface area is 169 Å². The summed E-state index contributed by atoms with van der Waals surface area (Å²) in [4.78, 5) is 14.2. The fourth-order valence-electron chi connectivity index (χ4n) is 2.83. The van der Waals surface area contributed by atoms with E-state index in [-0.39, 0.29) is 0 Å². The highest BCUT2D eigenvalue weighted by Crippen LogP contribution is 2.46. The predicted octanol–water partition coefficient (Wildman–Crippen LogP) is 7.03. The Balaban J connectivity index is 1.69.